The summed E-state index contributed by atoms with van der Waals surface area (Å²) in [6, 6.07) is 0. The third-order valence-corrected chi connectivity index (χ3v) is 0. The van der Waals surface area contributed by atoms with Crippen molar-refractivity contribution in [1.82, 2.24) is 0 Å². The Hall–Kier alpha value is 0.584. The monoisotopic (exact) mass is 123 g/mol. The van der Waals surface area contributed by atoms with Crippen LogP contribution in [-0.4, -0.2) is 0 Å². The first-order valence-corrected chi connectivity index (χ1v) is 1.91. The summed E-state index contributed by atoms with van der Waals surface area (Å²) >= 11 is 0. The van der Waals surface area contributed by atoms with Crippen molar-refractivity contribution in [3.8, 4) is 0 Å². The van der Waals surface area contributed by atoms with E-state index in [0.29, 0.717) is 0 Å². The number of hydrogen-bond acceptors (Lipinski definition) is 0. The molecule has 0 spiro atoms. The van der Waals surface area contributed by atoms with Gasteiger partial charge in [0.15, 0.2) is 0 Å². The average Bonchev–Trinajstić information content (AvgIpc) is 1.46. The first-order chi connectivity index (χ1) is 2.41. The summed E-state index contributed by atoms with van der Waals surface area (Å²) in [4.78, 5) is 0. The molecular formula is C5H12V. The van der Waals surface area contributed by atoms with Gasteiger partial charge in [-0.05, 0) is 0 Å². The largest absolute Gasteiger partial charge is 2.00 e. The summed E-state index contributed by atoms with van der Waals surface area (Å²) in [6.07, 6.45) is 1.00. The van der Waals surface area contributed by atoms with Crippen LogP contribution in [0.15, 0.2) is 0 Å². The molecule has 0 bridgehead atoms. The molecule has 0 saturated carbocycles. The molecule has 0 rings (SSSR count). The van der Waals surface area contributed by atoms with Crippen LogP contribution in [0.4, 0.5) is 0 Å². The van der Waals surface area contributed by atoms with Gasteiger partial charge in [0.05, 0.1) is 0 Å². The minimum absolute atomic E-state index is 0. The van der Waals surface area contributed by atoms with Gasteiger partial charge in [-0.25, -0.2) is 0 Å². The summed E-state index contributed by atoms with van der Waals surface area (Å²) in [7, 11) is 0. The Labute approximate surface area is 53.2 Å². The third-order valence-electron chi connectivity index (χ3n) is 0. The van der Waals surface area contributed by atoms with Crippen molar-refractivity contribution in [2.24, 2.45) is 0 Å². The predicted molar refractivity (Wildman–Crippen MR) is 26.7 cm³/mol. The fraction of sp³-hybridized carbons (Fsp3) is 0.600. The molecule has 0 N–H and O–H groups in total. The summed E-state index contributed by atoms with van der Waals surface area (Å²) in [5.41, 5.74) is 0. The normalized spacial score (nSPS) is 4.00. The van der Waals surface area contributed by atoms with E-state index in [0.717, 1.165) is 6.42 Å². The van der Waals surface area contributed by atoms with Crippen molar-refractivity contribution in [3.05, 3.63) is 13.8 Å². The van der Waals surface area contributed by atoms with Gasteiger partial charge in [-0.15, -0.1) is 0 Å². The van der Waals surface area contributed by atoms with Gasteiger partial charge in [0, 0.05) is 0 Å². The Bertz CT molecular complexity index is 3.90. The van der Waals surface area contributed by atoms with Gasteiger partial charge in [0.25, 0.3) is 0 Å². The van der Waals surface area contributed by atoms with Crippen LogP contribution in [0.5, 0.6) is 0 Å². The van der Waals surface area contributed by atoms with Crippen LogP contribution >= 0.6 is 0 Å². The van der Waals surface area contributed by atoms with E-state index in [1.165, 1.54) is 0 Å². The second-order valence-electron chi connectivity index (χ2n) is 0.500. The number of rotatable bonds is 0. The molecule has 0 atom stereocenters. The molecule has 0 fully saturated rings. The zero-order valence-corrected chi connectivity index (χ0v) is 5.97. The van der Waals surface area contributed by atoms with Gasteiger partial charge in [-0.1, -0.05) is 6.92 Å². The molecule has 37 valence electrons. The van der Waals surface area contributed by atoms with Gasteiger partial charge in [0.1, 0.15) is 0 Å². The molecule has 0 aromatic heterocycles. The van der Waals surface area contributed by atoms with E-state index in [4.69, 9.17) is 0 Å². The summed E-state index contributed by atoms with van der Waals surface area (Å²) in [5, 5.41) is 0. The van der Waals surface area contributed by atoms with Crippen LogP contribution in [0.1, 0.15) is 20.3 Å². The third kappa shape index (κ3) is 172. The van der Waals surface area contributed by atoms with E-state index in [-0.39, 0.29) is 18.6 Å². The fourth-order valence-corrected chi connectivity index (χ4v) is 0. The maximum Gasteiger partial charge on any atom is 2.00 e. The Balaban J connectivity index is -0.0000000275. The van der Waals surface area contributed by atoms with Gasteiger partial charge in [-0.3, -0.25) is 0 Å². The predicted octanol–water partition coefficient (Wildman–Crippen LogP) is 2.07. The molecule has 0 aliphatic heterocycles. The summed E-state index contributed by atoms with van der Waals surface area (Å²) < 4.78 is 0. The SMILES string of the molecule is [CH2-]C.[CH2-]CC.[V+2]. The minimum Gasteiger partial charge on any atom is -0.346 e. The van der Waals surface area contributed by atoms with E-state index in [1.54, 1.807) is 6.92 Å². The Morgan fingerprint density at radius 1 is 1.33 bits per heavy atom. The van der Waals surface area contributed by atoms with Crippen LogP contribution in [0.3, 0.4) is 0 Å². The van der Waals surface area contributed by atoms with Crippen molar-refractivity contribution in [2.75, 3.05) is 0 Å². The van der Waals surface area contributed by atoms with Gasteiger partial charge < -0.3 is 13.8 Å². The van der Waals surface area contributed by atoms with Gasteiger partial charge in [0.2, 0.25) is 0 Å². The summed E-state index contributed by atoms with van der Waals surface area (Å²) in [5.74, 6) is 0. The Morgan fingerprint density at radius 2 is 1.33 bits per heavy atom. The zero-order chi connectivity index (χ0) is 4.71. The Morgan fingerprint density at radius 3 is 1.33 bits per heavy atom. The van der Waals surface area contributed by atoms with Crippen molar-refractivity contribution >= 4 is 0 Å². The molecule has 0 heterocycles. The molecule has 0 nitrogen and oxygen atoms in total. The standard InChI is InChI=1S/C3H7.C2H5.V/c1-3-2;1-2;/h1,3H2,2H3;1H2,2H3;/q2*-1;+2. The molecule has 0 aliphatic rings. The van der Waals surface area contributed by atoms with E-state index < -0.39 is 0 Å². The van der Waals surface area contributed by atoms with E-state index >= 15 is 0 Å². The number of hydrogen-bond donors (Lipinski definition) is 0. The molecule has 0 aliphatic carbocycles. The zero-order valence-electron chi connectivity index (χ0n) is 4.57. The van der Waals surface area contributed by atoms with Crippen LogP contribution in [0, 0.1) is 13.8 Å². The molecular weight excluding hydrogens is 111 g/mol. The van der Waals surface area contributed by atoms with Crippen molar-refractivity contribution in [2.45, 2.75) is 20.3 Å². The van der Waals surface area contributed by atoms with Crippen LogP contribution in [0.2, 0.25) is 0 Å². The molecule has 0 aromatic rings. The summed E-state index contributed by atoms with van der Waals surface area (Å²) in [6.45, 7) is 10.5. The fourth-order valence-electron chi connectivity index (χ4n) is 0. The molecule has 1 heteroatoms. The van der Waals surface area contributed by atoms with E-state index in [1.807, 2.05) is 6.92 Å². The van der Waals surface area contributed by atoms with Crippen LogP contribution in [0.25, 0.3) is 0 Å². The van der Waals surface area contributed by atoms with Gasteiger partial charge >= 0.3 is 18.6 Å². The van der Waals surface area contributed by atoms with Gasteiger partial charge in [-0.2, -0.15) is 13.3 Å². The topological polar surface area (TPSA) is 0 Å². The maximum absolute atomic E-state index is 3.49. The second kappa shape index (κ2) is 46.8. The molecule has 0 amide bonds. The van der Waals surface area contributed by atoms with Crippen LogP contribution in [-0.2, 0) is 18.6 Å². The van der Waals surface area contributed by atoms with Crippen molar-refractivity contribution < 1.29 is 18.6 Å². The first kappa shape index (κ1) is 16.0. The van der Waals surface area contributed by atoms with Crippen LogP contribution < -0.4 is 0 Å². The second-order valence-corrected chi connectivity index (χ2v) is 0.500. The van der Waals surface area contributed by atoms with E-state index in [9.17, 15) is 0 Å². The van der Waals surface area contributed by atoms with Crippen molar-refractivity contribution in [3.63, 3.8) is 0 Å². The molecule has 1 radical (unpaired) electrons. The minimum atomic E-state index is 0. The van der Waals surface area contributed by atoms with E-state index in [2.05, 4.69) is 13.8 Å². The molecule has 0 aromatic carbocycles. The Kier molecular flexibility index (Phi) is 125. The first-order valence-electron chi connectivity index (χ1n) is 1.91. The quantitative estimate of drug-likeness (QED) is 0.432. The smallest absolute Gasteiger partial charge is 0.346 e. The maximum atomic E-state index is 3.49. The van der Waals surface area contributed by atoms with Crippen molar-refractivity contribution in [1.29, 1.82) is 0 Å². The average molecular weight is 123 g/mol. The molecule has 6 heavy (non-hydrogen) atoms. The molecule has 0 saturated heterocycles. The molecule has 0 unspecified atom stereocenters.